The summed E-state index contributed by atoms with van der Waals surface area (Å²) in [6.07, 6.45) is -0.408. The molecule has 0 saturated carbocycles. The van der Waals surface area contributed by atoms with Crippen molar-refractivity contribution >= 4 is 56.5 Å². The summed E-state index contributed by atoms with van der Waals surface area (Å²) < 4.78 is 0.828. The smallest absolute Gasteiger partial charge is 0.261 e. The number of aliphatic hydroxyl groups is 1. The average molecular weight is 415 g/mol. The Morgan fingerprint density at radius 2 is 1.87 bits per heavy atom. The zero-order valence-electron chi connectivity index (χ0n) is 11.6. The maximum Gasteiger partial charge on any atom is 0.261 e. The summed E-state index contributed by atoms with van der Waals surface area (Å²) in [6, 6.07) is 9.58. The number of nitrogens with one attached hydrogen (secondary N) is 1. The van der Waals surface area contributed by atoms with E-state index >= 15 is 0 Å². The Hall–Kier alpha value is -1.40. The van der Waals surface area contributed by atoms with Crippen LogP contribution in [0.15, 0.2) is 40.9 Å². The maximum atomic E-state index is 12.4. The molecule has 2 aromatic carbocycles. The molecule has 3 rings (SSSR count). The number of hydrogen-bond donors (Lipinski definition) is 2. The number of carbonyl (C=O) groups excluding carboxylic acids is 2. The van der Waals surface area contributed by atoms with E-state index in [2.05, 4.69) is 21.2 Å². The van der Waals surface area contributed by atoms with Crippen molar-refractivity contribution in [2.45, 2.75) is 12.0 Å². The molecule has 7 heteroatoms. The van der Waals surface area contributed by atoms with Crippen LogP contribution in [0.4, 0.5) is 5.69 Å². The Bertz CT molecular complexity index is 823. The number of fused-ring (bicyclic) bond motifs is 1. The molecule has 0 spiro atoms. The van der Waals surface area contributed by atoms with Gasteiger partial charge in [-0.3, -0.25) is 9.59 Å². The van der Waals surface area contributed by atoms with E-state index in [1.54, 1.807) is 24.3 Å². The lowest BCUT2D eigenvalue weighted by molar-refractivity contribution is -0.133. The van der Waals surface area contributed by atoms with E-state index in [9.17, 15) is 14.7 Å². The predicted octanol–water partition coefficient (Wildman–Crippen LogP) is 4.17. The quantitative estimate of drug-likeness (QED) is 0.740. The molecule has 2 N–H and O–H groups in total. The largest absolute Gasteiger partial charge is 0.375 e. The number of amides is 1. The topological polar surface area (TPSA) is 66.4 Å². The number of benzene rings is 2. The third-order valence-electron chi connectivity index (χ3n) is 3.68. The summed E-state index contributed by atoms with van der Waals surface area (Å²) in [4.78, 5) is 24.6. The molecule has 1 atom stereocenters. The molecule has 0 fully saturated rings. The molecule has 0 unspecified atom stereocenters. The number of rotatable bonds is 3. The first kappa shape index (κ1) is 16.5. The highest BCUT2D eigenvalue weighted by molar-refractivity contribution is 9.10. The fourth-order valence-corrected chi connectivity index (χ4v) is 3.48. The average Bonchev–Trinajstić information content (AvgIpc) is 2.70. The molecular weight excluding hydrogens is 405 g/mol. The van der Waals surface area contributed by atoms with Crippen LogP contribution >= 0.6 is 39.1 Å². The molecule has 1 amide bonds. The second-order valence-corrected chi connectivity index (χ2v) is 6.99. The third-order valence-corrected chi connectivity index (χ3v) is 4.72. The zero-order chi connectivity index (χ0) is 16.8. The zero-order valence-corrected chi connectivity index (χ0v) is 14.7. The summed E-state index contributed by atoms with van der Waals surface area (Å²) in [5.41, 5.74) is -1.12. The van der Waals surface area contributed by atoms with Gasteiger partial charge in [-0.05, 0) is 24.3 Å². The highest BCUT2D eigenvalue weighted by Crippen LogP contribution is 2.44. The molecule has 23 heavy (non-hydrogen) atoms. The predicted molar refractivity (Wildman–Crippen MR) is 92.1 cm³/mol. The number of carbonyl (C=O) groups is 2. The lowest BCUT2D eigenvalue weighted by atomic mass is 9.88. The van der Waals surface area contributed by atoms with E-state index in [4.69, 9.17) is 23.2 Å². The fourth-order valence-electron chi connectivity index (χ4n) is 2.57. The van der Waals surface area contributed by atoms with Crippen LogP contribution in [-0.2, 0) is 10.4 Å². The third kappa shape index (κ3) is 2.90. The first-order valence-corrected chi connectivity index (χ1v) is 8.18. The summed E-state index contributed by atoms with van der Waals surface area (Å²) in [6.45, 7) is 0. The molecule has 4 nitrogen and oxygen atoms in total. The summed E-state index contributed by atoms with van der Waals surface area (Å²) in [7, 11) is 0. The fraction of sp³-hybridized carbons (Fsp3) is 0.125. The molecule has 0 aromatic heterocycles. The van der Waals surface area contributed by atoms with E-state index in [1.807, 2.05) is 0 Å². The molecule has 1 aliphatic heterocycles. The molecular formula is C16H10BrCl2NO3. The van der Waals surface area contributed by atoms with Crippen molar-refractivity contribution in [1.82, 2.24) is 0 Å². The molecule has 2 aromatic rings. The van der Waals surface area contributed by atoms with Crippen LogP contribution in [0.3, 0.4) is 0 Å². The SMILES string of the molecule is O=C(C[C@]1(O)C(=O)Nc2cc(Cl)cc(Cl)c21)c1ccc(Br)cc1. The van der Waals surface area contributed by atoms with Crippen molar-refractivity contribution in [3.05, 3.63) is 62.0 Å². The minimum atomic E-state index is -2.01. The van der Waals surface area contributed by atoms with E-state index in [-0.39, 0.29) is 16.4 Å². The van der Waals surface area contributed by atoms with Gasteiger partial charge in [0.05, 0.1) is 17.1 Å². The van der Waals surface area contributed by atoms with Gasteiger partial charge in [0, 0.05) is 20.6 Å². The van der Waals surface area contributed by atoms with Gasteiger partial charge in [0.15, 0.2) is 11.4 Å². The normalized spacial score (nSPS) is 19.4. The van der Waals surface area contributed by atoms with Gasteiger partial charge < -0.3 is 10.4 Å². The van der Waals surface area contributed by atoms with Crippen molar-refractivity contribution in [2.75, 3.05) is 5.32 Å². The van der Waals surface area contributed by atoms with Crippen molar-refractivity contribution < 1.29 is 14.7 Å². The molecule has 118 valence electrons. The Labute approximate surface area is 150 Å². The van der Waals surface area contributed by atoms with E-state index in [0.29, 0.717) is 16.3 Å². The first-order valence-electron chi connectivity index (χ1n) is 6.63. The van der Waals surface area contributed by atoms with Gasteiger partial charge in [0.25, 0.3) is 5.91 Å². The van der Waals surface area contributed by atoms with Gasteiger partial charge in [0.2, 0.25) is 0 Å². The summed E-state index contributed by atoms with van der Waals surface area (Å²) >= 11 is 15.3. The van der Waals surface area contributed by atoms with Crippen molar-refractivity contribution in [3.8, 4) is 0 Å². The van der Waals surface area contributed by atoms with Gasteiger partial charge >= 0.3 is 0 Å². The Balaban J connectivity index is 1.98. The standard InChI is InChI=1S/C16H10BrCl2NO3/c17-9-3-1-8(2-4-9)13(21)7-16(23)14-11(19)5-10(18)6-12(14)20-15(16)22/h1-6,23H,7H2,(H,20,22)/t16-/m1/s1. The van der Waals surface area contributed by atoms with Crippen LogP contribution in [0, 0.1) is 0 Å². The Morgan fingerprint density at radius 1 is 1.22 bits per heavy atom. The molecule has 1 heterocycles. The molecule has 0 bridgehead atoms. The van der Waals surface area contributed by atoms with Crippen molar-refractivity contribution in [2.24, 2.45) is 0 Å². The van der Waals surface area contributed by atoms with Crippen LogP contribution in [-0.4, -0.2) is 16.8 Å². The van der Waals surface area contributed by atoms with Crippen LogP contribution in [0.1, 0.15) is 22.3 Å². The molecule has 0 aliphatic carbocycles. The number of anilines is 1. The summed E-state index contributed by atoms with van der Waals surface area (Å²) in [5, 5.41) is 13.8. The number of hydrogen-bond acceptors (Lipinski definition) is 3. The van der Waals surface area contributed by atoms with Gasteiger partial charge in [-0.1, -0.05) is 51.3 Å². The highest BCUT2D eigenvalue weighted by Gasteiger charge is 2.48. The van der Waals surface area contributed by atoms with Gasteiger partial charge in [-0.2, -0.15) is 0 Å². The van der Waals surface area contributed by atoms with E-state index < -0.39 is 17.9 Å². The van der Waals surface area contributed by atoms with Crippen LogP contribution in [0.25, 0.3) is 0 Å². The van der Waals surface area contributed by atoms with Crippen LogP contribution in [0.2, 0.25) is 10.0 Å². The lowest BCUT2D eigenvalue weighted by Crippen LogP contribution is -2.36. The van der Waals surface area contributed by atoms with E-state index in [0.717, 1.165) is 4.47 Å². The second-order valence-electron chi connectivity index (χ2n) is 5.23. The number of Topliss-reactive ketones (excluding diaryl/α,β-unsaturated/α-hetero) is 1. The van der Waals surface area contributed by atoms with Gasteiger partial charge in [-0.15, -0.1) is 0 Å². The second kappa shape index (κ2) is 5.91. The van der Waals surface area contributed by atoms with Crippen LogP contribution in [0.5, 0.6) is 0 Å². The molecule has 0 radical (unpaired) electrons. The number of halogens is 3. The Morgan fingerprint density at radius 3 is 2.52 bits per heavy atom. The lowest BCUT2D eigenvalue weighted by Gasteiger charge is -2.21. The van der Waals surface area contributed by atoms with E-state index in [1.165, 1.54) is 12.1 Å². The maximum absolute atomic E-state index is 12.4. The summed E-state index contributed by atoms with van der Waals surface area (Å²) in [5.74, 6) is -1.06. The minimum Gasteiger partial charge on any atom is -0.375 e. The van der Waals surface area contributed by atoms with Crippen LogP contribution < -0.4 is 5.32 Å². The van der Waals surface area contributed by atoms with Gasteiger partial charge in [-0.25, -0.2) is 0 Å². The van der Waals surface area contributed by atoms with Crippen molar-refractivity contribution in [3.63, 3.8) is 0 Å². The van der Waals surface area contributed by atoms with Gasteiger partial charge in [0.1, 0.15) is 0 Å². The minimum absolute atomic E-state index is 0.136. The molecule has 1 aliphatic rings. The highest BCUT2D eigenvalue weighted by atomic mass is 79.9. The molecule has 0 saturated heterocycles. The first-order chi connectivity index (χ1) is 10.8. The monoisotopic (exact) mass is 413 g/mol. The Kier molecular flexibility index (Phi) is 4.23. The van der Waals surface area contributed by atoms with Crippen molar-refractivity contribution in [1.29, 1.82) is 0 Å². The number of ketones is 1.